The number of fused-ring (bicyclic) bond motifs is 2. The van der Waals surface area contributed by atoms with Crippen LogP contribution in [0.5, 0.6) is 11.5 Å². The summed E-state index contributed by atoms with van der Waals surface area (Å²) in [5.41, 5.74) is 1.84. The fourth-order valence-corrected chi connectivity index (χ4v) is 4.13. The highest BCUT2D eigenvalue weighted by molar-refractivity contribution is 8.00. The number of hydrogen-bond donors (Lipinski definition) is 2. The molecule has 0 saturated heterocycles. The van der Waals surface area contributed by atoms with Gasteiger partial charge in [0.25, 0.3) is 5.56 Å². The van der Waals surface area contributed by atoms with E-state index < -0.39 is 5.25 Å². The van der Waals surface area contributed by atoms with Crippen LogP contribution in [0.2, 0.25) is 0 Å². The predicted molar refractivity (Wildman–Crippen MR) is 119 cm³/mol. The number of hydrogen-bond acceptors (Lipinski definition) is 7. The zero-order valence-electron chi connectivity index (χ0n) is 17.1. The van der Waals surface area contributed by atoms with Crippen LogP contribution in [0.15, 0.2) is 64.7 Å². The first-order valence-electron chi connectivity index (χ1n) is 9.95. The molecule has 3 heterocycles. The second kappa shape index (κ2) is 8.39. The van der Waals surface area contributed by atoms with E-state index in [-0.39, 0.29) is 18.3 Å². The molecule has 0 spiro atoms. The molecule has 0 aliphatic carbocycles. The molecule has 0 fully saturated rings. The number of nitrogens with one attached hydrogen (secondary N) is 2. The van der Waals surface area contributed by atoms with E-state index in [2.05, 4.69) is 20.4 Å². The highest BCUT2D eigenvalue weighted by Crippen LogP contribution is 2.32. The summed E-state index contributed by atoms with van der Waals surface area (Å²) in [6.07, 6.45) is 1.49. The molecule has 32 heavy (non-hydrogen) atoms. The van der Waals surface area contributed by atoms with E-state index in [9.17, 15) is 9.59 Å². The van der Waals surface area contributed by atoms with Crippen LogP contribution in [0.25, 0.3) is 16.7 Å². The fraction of sp³-hybridized carbons (Fsp3) is 0.182. The predicted octanol–water partition coefficient (Wildman–Crippen LogP) is 2.63. The van der Waals surface area contributed by atoms with Gasteiger partial charge in [0, 0.05) is 6.54 Å². The van der Waals surface area contributed by atoms with Gasteiger partial charge >= 0.3 is 0 Å². The summed E-state index contributed by atoms with van der Waals surface area (Å²) in [6, 6.07) is 15.0. The molecule has 2 aromatic carbocycles. The second-order valence-corrected chi connectivity index (χ2v) is 8.50. The number of aromatic amines is 1. The largest absolute Gasteiger partial charge is 0.454 e. The Bertz CT molecular complexity index is 1350. The van der Waals surface area contributed by atoms with E-state index in [1.54, 1.807) is 11.6 Å². The van der Waals surface area contributed by atoms with Crippen molar-refractivity contribution in [2.45, 2.75) is 23.9 Å². The summed E-state index contributed by atoms with van der Waals surface area (Å²) < 4.78 is 12.3. The van der Waals surface area contributed by atoms with Gasteiger partial charge in [-0.2, -0.15) is 5.10 Å². The van der Waals surface area contributed by atoms with E-state index in [1.165, 1.54) is 18.0 Å². The zero-order chi connectivity index (χ0) is 22.1. The summed E-state index contributed by atoms with van der Waals surface area (Å²) in [5, 5.41) is 7.46. The molecule has 5 rings (SSSR count). The number of benzene rings is 2. The van der Waals surface area contributed by atoms with Crippen molar-refractivity contribution in [2.75, 3.05) is 6.79 Å². The third kappa shape index (κ3) is 3.92. The quantitative estimate of drug-likeness (QED) is 0.344. The van der Waals surface area contributed by atoms with Gasteiger partial charge in [0.2, 0.25) is 12.7 Å². The average molecular weight is 449 g/mol. The van der Waals surface area contributed by atoms with Crippen molar-refractivity contribution in [1.82, 2.24) is 25.1 Å². The first kappa shape index (κ1) is 20.1. The van der Waals surface area contributed by atoms with Crippen LogP contribution in [0.4, 0.5) is 0 Å². The molecule has 1 aliphatic heterocycles. The number of amides is 1. The molecular weight excluding hydrogens is 430 g/mol. The molecule has 1 amide bonds. The molecule has 9 nitrogen and oxygen atoms in total. The third-order valence-electron chi connectivity index (χ3n) is 4.98. The first-order chi connectivity index (χ1) is 15.6. The highest BCUT2D eigenvalue weighted by Gasteiger charge is 2.19. The van der Waals surface area contributed by atoms with Crippen molar-refractivity contribution in [3.63, 3.8) is 0 Å². The van der Waals surface area contributed by atoms with Gasteiger partial charge in [0.15, 0.2) is 22.3 Å². The Morgan fingerprint density at radius 1 is 1.22 bits per heavy atom. The van der Waals surface area contributed by atoms with Gasteiger partial charge in [-0.15, -0.1) is 0 Å². The van der Waals surface area contributed by atoms with Gasteiger partial charge in [-0.1, -0.05) is 36.0 Å². The second-order valence-electron chi connectivity index (χ2n) is 7.17. The van der Waals surface area contributed by atoms with Gasteiger partial charge < -0.3 is 19.8 Å². The van der Waals surface area contributed by atoms with E-state index in [0.717, 1.165) is 11.3 Å². The number of H-pyrrole nitrogens is 1. The smallest absolute Gasteiger partial charge is 0.262 e. The average Bonchev–Trinajstić information content (AvgIpc) is 3.45. The van der Waals surface area contributed by atoms with Gasteiger partial charge in [-0.05, 0) is 36.8 Å². The summed E-state index contributed by atoms with van der Waals surface area (Å²) in [4.78, 5) is 32.4. The number of thioether (sulfide) groups is 1. The Kier molecular flexibility index (Phi) is 5.28. The van der Waals surface area contributed by atoms with E-state index in [0.29, 0.717) is 34.2 Å². The number of aromatic nitrogens is 4. The van der Waals surface area contributed by atoms with Gasteiger partial charge in [0.05, 0.1) is 17.1 Å². The highest BCUT2D eigenvalue weighted by atomic mass is 32.2. The zero-order valence-corrected chi connectivity index (χ0v) is 17.9. The number of nitrogens with zero attached hydrogens (tertiary/aromatic N) is 3. The van der Waals surface area contributed by atoms with Gasteiger partial charge in [-0.25, -0.2) is 9.67 Å². The Labute approximate surface area is 186 Å². The van der Waals surface area contributed by atoms with Crippen LogP contribution in [-0.2, 0) is 11.3 Å². The fourth-order valence-electron chi connectivity index (χ4n) is 3.32. The van der Waals surface area contributed by atoms with Gasteiger partial charge in [0.1, 0.15) is 5.39 Å². The normalized spacial score (nSPS) is 13.3. The lowest BCUT2D eigenvalue weighted by molar-refractivity contribution is -0.120. The topological polar surface area (TPSA) is 111 Å². The molecule has 1 atom stereocenters. The van der Waals surface area contributed by atoms with E-state index >= 15 is 0 Å². The number of carbonyl (C=O) groups is 1. The molecule has 2 aromatic heterocycles. The Hall–Kier alpha value is -3.79. The SMILES string of the molecule is CC(Sc1nc2c(cnn2-c2ccccc2)c(=O)[nH]1)C(=O)NCc1ccc2c(c1)OCO2. The molecule has 1 unspecified atom stereocenters. The molecule has 0 bridgehead atoms. The minimum Gasteiger partial charge on any atom is -0.454 e. The summed E-state index contributed by atoms with van der Waals surface area (Å²) in [5.74, 6) is 1.19. The van der Waals surface area contributed by atoms with Crippen molar-refractivity contribution in [2.24, 2.45) is 0 Å². The number of rotatable bonds is 6. The van der Waals surface area contributed by atoms with Crippen LogP contribution in [0.3, 0.4) is 0 Å². The molecule has 0 saturated carbocycles. The number of para-hydroxylation sites is 1. The van der Waals surface area contributed by atoms with Crippen molar-refractivity contribution in [1.29, 1.82) is 0 Å². The molecular formula is C22H19N5O4S. The summed E-state index contributed by atoms with van der Waals surface area (Å²) in [7, 11) is 0. The molecule has 1 aliphatic rings. The molecule has 10 heteroatoms. The van der Waals surface area contributed by atoms with Crippen molar-refractivity contribution in [3.8, 4) is 17.2 Å². The summed E-state index contributed by atoms with van der Waals surface area (Å²) >= 11 is 1.18. The standard InChI is InChI=1S/C22H19N5O4S/c1-13(20(28)23-10-14-7-8-17-18(9-14)31-12-30-17)32-22-25-19-16(21(29)26-22)11-24-27(19)15-5-3-2-4-6-15/h2-9,11,13H,10,12H2,1H3,(H,23,28)(H,25,26,29). The van der Waals surface area contributed by atoms with Crippen molar-refractivity contribution < 1.29 is 14.3 Å². The Morgan fingerprint density at radius 3 is 2.88 bits per heavy atom. The van der Waals surface area contributed by atoms with E-state index in [1.807, 2.05) is 48.5 Å². The molecule has 4 aromatic rings. The van der Waals surface area contributed by atoms with Crippen LogP contribution in [-0.4, -0.2) is 37.7 Å². The summed E-state index contributed by atoms with van der Waals surface area (Å²) in [6.45, 7) is 2.32. The maximum Gasteiger partial charge on any atom is 0.262 e. The third-order valence-corrected chi connectivity index (χ3v) is 5.96. The lowest BCUT2D eigenvalue weighted by Gasteiger charge is -2.12. The van der Waals surface area contributed by atoms with Crippen molar-refractivity contribution in [3.05, 3.63) is 70.6 Å². The minimum absolute atomic E-state index is 0.174. The number of ether oxygens (including phenoxy) is 2. The monoisotopic (exact) mass is 449 g/mol. The lowest BCUT2D eigenvalue weighted by atomic mass is 10.2. The lowest BCUT2D eigenvalue weighted by Crippen LogP contribution is -2.30. The van der Waals surface area contributed by atoms with E-state index in [4.69, 9.17) is 9.47 Å². The Morgan fingerprint density at radius 2 is 2.03 bits per heavy atom. The molecule has 0 radical (unpaired) electrons. The van der Waals surface area contributed by atoms with Crippen LogP contribution in [0, 0.1) is 0 Å². The maximum atomic E-state index is 12.6. The van der Waals surface area contributed by atoms with Gasteiger partial charge in [-0.3, -0.25) is 9.59 Å². The maximum absolute atomic E-state index is 12.6. The van der Waals surface area contributed by atoms with Crippen molar-refractivity contribution >= 4 is 28.7 Å². The minimum atomic E-state index is -0.474. The Balaban J connectivity index is 1.30. The first-order valence-corrected chi connectivity index (χ1v) is 10.8. The van der Waals surface area contributed by atoms with Crippen LogP contribution in [0.1, 0.15) is 12.5 Å². The molecule has 2 N–H and O–H groups in total. The van der Waals surface area contributed by atoms with Crippen LogP contribution >= 0.6 is 11.8 Å². The van der Waals surface area contributed by atoms with Crippen LogP contribution < -0.4 is 20.3 Å². The molecule has 162 valence electrons. The number of carbonyl (C=O) groups excluding carboxylic acids is 1.